The molecule has 0 saturated heterocycles. The first kappa shape index (κ1) is 22.4. The van der Waals surface area contributed by atoms with Crippen LogP contribution < -0.4 is 16.0 Å². The van der Waals surface area contributed by atoms with Crippen molar-refractivity contribution in [2.75, 3.05) is 22.8 Å². The van der Waals surface area contributed by atoms with Crippen LogP contribution in [0.3, 0.4) is 0 Å². The molecule has 3 N–H and O–H groups in total. The molecule has 4 aromatic rings. The molecule has 0 aliphatic heterocycles. The van der Waals surface area contributed by atoms with Gasteiger partial charge in [-0.25, -0.2) is 17.9 Å². The molecule has 0 atom stereocenters. The Balaban J connectivity index is 1.58. The average Bonchev–Trinajstić information content (AvgIpc) is 3.16. The third-order valence-corrected chi connectivity index (χ3v) is 5.48. The Labute approximate surface area is 191 Å². The SMILES string of the molecule is CC(=O)Nc1cccc(Nc2ncc3ccc(-c4cccc(CNCS(C)(=O)=O)c4)n3n2)c1. The fraction of sp³-hybridized carbons (Fsp3) is 0.174. The van der Waals surface area contributed by atoms with Crippen molar-refractivity contribution < 1.29 is 13.2 Å². The number of anilines is 3. The van der Waals surface area contributed by atoms with Crippen molar-refractivity contribution in [3.8, 4) is 11.3 Å². The summed E-state index contributed by atoms with van der Waals surface area (Å²) in [5.41, 5.74) is 5.06. The minimum Gasteiger partial charge on any atom is -0.326 e. The number of rotatable bonds is 8. The molecule has 0 fully saturated rings. The van der Waals surface area contributed by atoms with Crippen LogP contribution in [0.15, 0.2) is 66.9 Å². The first-order valence-corrected chi connectivity index (χ1v) is 12.3. The number of carbonyl (C=O) groups is 1. The van der Waals surface area contributed by atoms with Crippen LogP contribution in [0.1, 0.15) is 12.5 Å². The van der Waals surface area contributed by atoms with E-state index in [1.807, 2.05) is 48.5 Å². The van der Waals surface area contributed by atoms with E-state index in [0.29, 0.717) is 18.2 Å². The van der Waals surface area contributed by atoms with Crippen LogP contribution in [0.5, 0.6) is 0 Å². The highest BCUT2D eigenvalue weighted by molar-refractivity contribution is 7.90. The van der Waals surface area contributed by atoms with Crippen LogP contribution in [-0.2, 0) is 21.2 Å². The Morgan fingerprint density at radius 1 is 1.03 bits per heavy atom. The van der Waals surface area contributed by atoms with Crippen molar-refractivity contribution in [3.63, 3.8) is 0 Å². The van der Waals surface area contributed by atoms with E-state index in [9.17, 15) is 13.2 Å². The van der Waals surface area contributed by atoms with Crippen LogP contribution in [0.4, 0.5) is 17.3 Å². The Morgan fingerprint density at radius 3 is 2.61 bits per heavy atom. The van der Waals surface area contributed by atoms with Crippen molar-refractivity contribution in [2.45, 2.75) is 13.5 Å². The maximum absolute atomic E-state index is 11.3. The molecule has 0 saturated carbocycles. The Kier molecular flexibility index (Phi) is 6.38. The summed E-state index contributed by atoms with van der Waals surface area (Å²) in [7, 11) is -3.08. The molecule has 0 radical (unpaired) electrons. The molecule has 2 aromatic carbocycles. The van der Waals surface area contributed by atoms with Crippen molar-refractivity contribution in [1.82, 2.24) is 19.9 Å². The fourth-order valence-electron chi connectivity index (χ4n) is 3.41. The van der Waals surface area contributed by atoms with E-state index >= 15 is 0 Å². The molecule has 1 amide bonds. The van der Waals surface area contributed by atoms with Gasteiger partial charge in [-0.05, 0) is 42.0 Å². The second-order valence-electron chi connectivity index (χ2n) is 7.72. The Bertz CT molecular complexity index is 1410. The van der Waals surface area contributed by atoms with E-state index < -0.39 is 9.84 Å². The maximum atomic E-state index is 11.3. The van der Waals surface area contributed by atoms with E-state index in [2.05, 4.69) is 26.0 Å². The summed E-state index contributed by atoms with van der Waals surface area (Å²) >= 11 is 0. The number of benzene rings is 2. The van der Waals surface area contributed by atoms with Gasteiger partial charge in [0.25, 0.3) is 0 Å². The molecule has 33 heavy (non-hydrogen) atoms. The van der Waals surface area contributed by atoms with Crippen LogP contribution in [0.2, 0.25) is 0 Å². The number of hydrogen-bond acceptors (Lipinski definition) is 7. The summed E-state index contributed by atoms with van der Waals surface area (Å²) in [5, 5.41) is 13.5. The molecule has 2 heterocycles. The number of hydrogen-bond donors (Lipinski definition) is 3. The van der Waals surface area contributed by atoms with Gasteiger partial charge in [0.2, 0.25) is 11.9 Å². The van der Waals surface area contributed by atoms with Crippen LogP contribution in [-0.4, -0.2) is 41.1 Å². The van der Waals surface area contributed by atoms with Crippen LogP contribution >= 0.6 is 0 Å². The normalized spacial score (nSPS) is 11.5. The number of fused-ring (bicyclic) bond motifs is 1. The number of carbonyl (C=O) groups excluding carboxylic acids is 1. The number of sulfone groups is 1. The zero-order valence-corrected chi connectivity index (χ0v) is 19.1. The molecule has 0 spiro atoms. The number of nitrogens with one attached hydrogen (secondary N) is 3. The Morgan fingerprint density at radius 2 is 1.82 bits per heavy atom. The van der Waals surface area contributed by atoms with Gasteiger partial charge in [0.05, 0.1) is 23.3 Å². The largest absolute Gasteiger partial charge is 0.326 e. The lowest BCUT2D eigenvalue weighted by molar-refractivity contribution is -0.114. The summed E-state index contributed by atoms with van der Waals surface area (Å²) in [6.45, 7) is 1.90. The number of aromatic nitrogens is 3. The van der Waals surface area contributed by atoms with E-state index in [-0.39, 0.29) is 11.8 Å². The monoisotopic (exact) mass is 464 g/mol. The first-order chi connectivity index (χ1) is 15.8. The van der Waals surface area contributed by atoms with Crippen molar-refractivity contribution in [3.05, 3.63) is 72.4 Å². The predicted octanol–water partition coefficient (Wildman–Crippen LogP) is 3.19. The van der Waals surface area contributed by atoms with Gasteiger partial charge in [-0.15, -0.1) is 5.10 Å². The number of amides is 1. The molecule has 9 nitrogen and oxygen atoms in total. The molecule has 2 aromatic heterocycles. The minimum absolute atomic E-state index is 0.0727. The summed E-state index contributed by atoms with van der Waals surface area (Å²) in [4.78, 5) is 15.7. The zero-order valence-electron chi connectivity index (χ0n) is 18.2. The molecular weight excluding hydrogens is 440 g/mol. The van der Waals surface area contributed by atoms with Gasteiger partial charge in [0, 0.05) is 36.7 Å². The third-order valence-electron chi connectivity index (χ3n) is 4.75. The second-order valence-corrected chi connectivity index (χ2v) is 9.86. The smallest absolute Gasteiger partial charge is 0.245 e. The lowest BCUT2D eigenvalue weighted by Crippen LogP contribution is -2.21. The lowest BCUT2D eigenvalue weighted by Gasteiger charge is -2.09. The molecule has 0 unspecified atom stereocenters. The highest BCUT2D eigenvalue weighted by atomic mass is 32.2. The van der Waals surface area contributed by atoms with Gasteiger partial charge >= 0.3 is 0 Å². The van der Waals surface area contributed by atoms with Gasteiger partial charge in [-0.1, -0.05) is 24.3 Å². The maximum Gasteiger partial charge on any atom is 0.245 e. The first-order valence-electron chi connectivity index (χ1n) is 10.2. The molecule has 170 valence electrons. The minimum atomic E-state index is -3.08. The van der Waals surface area contributed by atoms with E-state index in [0.717, 1.165) is 28.0 Å². The topological polar surface area (TPSA) is 117 Å². The molecule has 0 aliphatic carbocycles. The van der Waals surface area contributed by atoms with Crippen molar-refractivity contribution >= 4 is 38.6 Å². The van der Waals surface area contributed by atoms with Crippen molar-refractivity contribution in [2.24, 2.45) is 0 Å². The van der Waals surface area contributed by atoms with E-state index in [1.54, 1.807) is 22.8 Å². The van der Waals surface area contributed by atoms with Gasteiger partial charge in [0.1, 0.15) is 0 Å². The lowest BCUT2D eigenvalue weighted by atomic mass is 10.1. The second kappa shape index (κ2) is 9.39. The van der Waals surface area contributed by atoms with E-state index in [4.69, 9.17) is 0 Å². The van der Waals surface area contributed by atoms with Crippen molar-refractivity contribution in [1.29, 1.82) is 0 Å². The van der Waals surface area contributed by atoms with Gasteiger partial charge in [0.15, 0.2) is 9.84 Å². The number of nitrogens with zero attached hydrogens (tertiary/aromatic N) is 3. The molecule has 0 aliphatic rings. The standard InChI is InChI=1S/C23H24N6O3S/c1-16(30)26-19-7-4-8-20(12-19)27-23-25-14-21-9-10-22(29(21)28-23)18-6-3-5-17(11-18)13-24-15-33(2,31)32/h3-12,14,24H,13,15H2,1-2H3,(H,26,30)(H,27,28). The zero-order chi connectivity index (χ0) is 23.4. The highest BCUT2D eigenvalue weighted by Crippen LogP contribution is 2.24. The molecular formula is C23H24N6O3S. The summed E-state index contributed by atoms with van der Waals surface area (Å²) in [6, 6.07) is 19.1. The third kappa shape index (κ3) is 5.93. The molecule has 0 bridgehead atoms. The quantitative estimate of drug-likeness (QED) is 0.367. The van der Waals surface area contributed by atoms with Gasteiger partial charge in [-0.3, -0.25) is 10.1 Å². The van der Waals surface area contributed by atoms with Gasteiger partial charge < -0.3 is 10.6 Å². The highest BCUT2D eigenvalue weighted by Gasteiger charge is 2.09. The molecule has 4 rings (SSSR count). The average molecular weight is 465 g/mol. The summed E-state index contributed by atoms with van der Waals surface area (Å²) in [5.74, 6) is 0.192. The van der Waals surface area contributed by atoms with Gasteiger partial charge in [-0.2, -0.15) is 0 Å². The van der Waals surface area contributed by atoms with Crippen LogP contribution in [0, 0.1) is 0 Å². The van der Waals surface area contributed by atoms with Crippen LogP contribution in [0.25, 0.3) is 16.8 Å². The Hall–Kier alpha value is -3.76. The predicted molar refractivity (Wildman–Crippen MR) is 129 cm³/mol. The molecule has 10 heteroatoms. The fourth-order valence-corrected chi connectivity index (χ4v) is 3.88. The van der Waals surface area contributed by atoms with E-state index in [1.165, 1.54) is 13.2 Å². The summed E-state index contributed by atoms with van der Waals surface area (Å²) in [6.07, 6.45) is 2.93. The summed E-state index contributed by atoms with van der Waals surface area (Å²) < 4.78 is 24.5.